The lowest BCUT2D eigenvalue weighted by molar-refractivity contribution is 0.0765. The van der Waals surface area contributed by atoms with Crippen molar-refractivity contribution in [2.45, 2.75) is 19.3 Å². The Labute approximate surface area is 132 Å². The fraction of sp³-hybridized carbons (Fsp3) is 0.500. The van der Waals surface area contributed by atoms with Crippen molar-refractivity contribution in [1.29, 1.82) is 0 Å². The zero-order valence-electron chi connectivity index (χ0n) is 12.0. The number of amides is 1. The van der Waals surface area contributed by atoms with Gasteiger partial charge in [0, 0.05) is 0 Å². The van der Waals surface area contributed by atoms with E-state index in [1.165, 1.54) is 0 Å². The molecule has 0 aliphatic heterocycles. The quantitative estimate of drug-likeness (QED) is 0.586. The highest BCUT2D eigenvalue weighted by Gasteiger charge is 2.20. The molecule has 0 spiro atoms. The number of ether oxygens (including phenoxy) is 1. The zero-order valence-corrected chi connectivity index (χ0v) is 12.0. The number of nitrogens with two attached hydrogens (primary N) is 1. The minimum atomic E-state index is -2.90. The van der Waals surface area contributed by atoms with E-state index in [-0.39, 0.29) is 11.5 Å². The molecule has 0 atom stereocenters. The number of pyridine rings is 1. The van der Waals surface area contributed by atoms with Gasteiger partial charge in [0.1, 0.15) is 5.56 Å². The molecule has 1 heterocycles. The Morgan fingerprint density at radius 2 is 1.75 bits per heavy atom. The molecule has 0 radical (unpaired) electrons. The number of aromatic nitrogens is 1. The van der Waals surface area contributed by atoms with Crippen LogP contribution in [0.2, 0.25) is 0 Å². The maximum absolute atomic E-state index is 12.2. The summed E-state index contributed by atoms with van der Waals surface area (Å²) in [6.07, 6.45) is -8.49. The largest absolute Gasteiger partial charge is 0.471 e. The monoisotopic (exact) mass is 360 g/mol. The molecule has 0 fully saturated rings. The van der Waals surface area contributed by atoms with Crippen LogP contribution in [0.25, 0.3) is 0 Å². The first-order valence-electron chi connectivity index (χ1n) is 6.50. The van der Waals surface area contributed by atoms with Crippen LogP contribution in [0, 0.1) is 0 Å². The first kappa shape index (κ1) is 19.6. The van der Waals surface area contributed by atoms with E-state index in [1.807, 2.05) is 5.32 Å². The number of alkyl halides is 6. The van der Waals surface area contributed by atoms with Gasteiger partial charge in [-0.25, -0.2) is 26.3 Å². The van der Waals surface area contributed by atoms with Gasteiger partial charge in [0.25, 0.3) is 25.2 Å². The van der Waals surface area contributed by atoms with Crippen molar-refractivity contribution in [1.82, 2.24) is 10.3 Å². The van der Waals surface area contributed by atoms with E-state index in [9.17, 15) is 31.1 Å². The Balaban J connectivity index is 3.05. The van der Waals surface area contributed by atoms with Crippen molar-refractivity contribution in [2.24, 2.45) is 0 Å². The molecule has 12 heteroatoms. The number of nitrogens with zero attached hydrogens (tertiary/aromatic N) is 1. The summed E-state index contributed by atoms with van der Waals surface area (Å²) in [6.45, 7) is -2.96. The molecule has 0 unspecified atom stereocenters. The zero-order chi connectivity index (χ0) is 18.3. The minimum Gasteiger partial charge on any atom is -0.471 e. The van der Waals surface area contributed by atoms with Gasteiger partial charge in [-0.15, -0.1) is 0 Å². The smallest absolute Gasteiger partial charge is 0.272 e. The molecular weight excluding hydrogens is 346 g/mol. The summed E-state index contributed by atoms with van der Waals surface area (Å²) in [4.78, 5) is 15.4. The van der Waals surface area contributed by atoms with E-state index in [2.05, 4.69) is 15.0 Å². The van der Waals surface area contributed by atoms with Gasteiger partial charge in [0.2, 0.25) is 5.88 Å². The van der Waals surface area contributed by atoms with Gasteiger partial charge in [-0.2, -0.15) is 4.98 Å². The first-order chi connectivity index (χ1) is 11.2. The minimum absolute atomic E-state index is 0.262. The predicted molar refractivity (Wildman–Crippen MR) is 73.0 cm³/mol. The van der Waals surface area contributed by atoms with E-state index >= 15 is 0 Å². The van der Waals surface area contributed by atoms with Crippen molar-refractivity contribution in [3.8, 4) is 5.88 Å². The number of rotatable bonds is 9. The Morgan fingerprint density at radius 3 is 2.29 bits per heavy atom. The van der Waals surface area contributed by atoms with Crippen LogP contribution in [0.5, 0.6) is 5.88 Å². The summed E-state index contributed by atoms with van der Waals surface area (Å²) in [5, 5.41) is 3.98. The lowest BCUT2D eigenvalue weighted by atomic mass is 10.2. The SMILES string of the molecule is Nc1cc(C(=O)NCC(F)F)c(OCC(F)F)nc1NCC(F)F. The maximum Gasteiger partial charge on any atom is 0.272 e. The standard InChI is InChI=1S/C12H14F6N4O2/c13-7(14)2-20-10-6(19)1-5(11(23)21-3-8(15)16)12(22-10)24-4-9(17)18/h1,7-9H,2-4,19H2,(H,20,22)(H,21,23). The number of nitrogens with one attached hydrogen (secondary N) is 2. The van der Waals surface area contributed by atoms with Crippen molar-refractivity contribution in [2.75, 3.05) is 30.7 Å². The van der Waals surface area contributed by atoms with Gasteiger partial charge in [0.15, 0.2) is 12.4 Å². The van der Waals surface area contributed by atoms with Crippen LogP contribution in [0.4, 0.5) is 37.8 Å². The Hall–Kier alpha value is -2.40. The van der Waals surface area contributed by atoms with E-state index in [1.54, 1.807) is 0 Å². The highest BCUT2D eigenvalue weighted by atomic mass is 19.3. The van der Waals surface area contributed by atoms with Gasteiger partial charge < -0.3 is 21.1 Å². The third-order valence-electron chi connectivity index (χ3n) is 2.45. The Bertz CT molecular complexity index is 559. The average molecular weight is 360 g/mol. The van der Waals surface area contributed by atoms with Crippen LogP contribution in [0.15, 0.2) is 6.07 Å². The predicted octanol–water partition coefficient (Wildman–Crippen LogP) is 1.98. The van der Waals surface area contributed by atoms with Crippen LogP contribution in [0.1, 0.15) is 10.4 Å². The van der Waals surface area contributed by atoms with E-state index < -0.39 is 56.3 Å². The van der Waals surface area contributed by atoms with Crippen LogP contribution in [-0.2, 0) is 0 Å². The highest BCUT2D eigenvalue weighted by molar-refractivity contribution is 5.98. The van der Waals surface area contributed by atoms with E-state index in [0.717, 1.165) is 6.07 Å². The molecule has 0 aromatic carbocycles. The molecule has 1 amide bonds. The first-order valence-corrected chi connectivity index (χ1v) is 6.50. The van der Waals surface area contributed by atoms with Crippen molar-refractivity contribution >= 4 is 17.4 Å². The molecule has 0 saturated carbocycles. The van der Waals surface area contributed by atoms with Crippen LogP contribution < -0.4 is 21.1 Å². The molecule has 6 nitrogen and oxygen atoms in total. The Kier molecular flexibility index (Phi) is 7.39. The number of carbonyl (C=O) groups is 1. The van der Waals surface area contributed by atoms with Crippen molar-refractivity contribution in [3.63, 3.8) is 0 Å². The molecule has 1 rings (SSSR count). The molecule has 1 aromatic heterocycles. The highest BCUT2D eigenvalue weighted by Crippen LogP contribution is 2.26. The third-order valence-corrected chi connectivity index (χ3v) is 2.45. The van der Waals surface area contributed by atoms with Gasteiger partial charge >= 0.3 is 0 Å². The lowest BCUT2D eigenvalue weighted by Crippen LogP contribution is -2.29. The molecule has 24 heavy (non-hydrogen) atoms. The third kappa shape index (κ3) is 6.38. The second-order valence-electron chi connectivity index (χ2n) is 4.35. The fourth-order valence-corrected chi connectivity index (χ4v) is 1.51. The number of anilines is 2. The van der Waals surface area contributed by atoms with Crippen LogP contribution >= 0.6 is 0 Å². The summed E-state index contributed by atoms with van der Waals surface area (Å²) in [5.74, 6) is -2.04. The molecule has 0 aliphatic carbocycles. The summed E-state index contributed by atoms with van der Waals surface area (Å²) in [5.41, 5.74) is 4.79. The van der Waals surface area contributed by atoms with Crippen molar-refractivity contribution in [3.05, 3.63) is 11.6 Å². The molecule has 0 saturated heterocycles. The molecule has 1 aromatic rings. The summed E-state index contributed by atoms with van der Waals surface area (Å²) in [7, 11) is 0. The van der Waals surface area contributed by atoms with Gasteiger partial charge in [0.05, 0.1) is 18.8 Å². The number of hydrogen-bond donors (Lipinski definition) is 3. The van der Waals surface area contributed by atoms with Crippen LogP contribution in [-0.4, -0.2) is 49.9 Å². The van der Waals surface area contributed by atoms with Crippen LogP contribution in [0.3, 0.4) is 0 Å². The summed E-state index contributed by atoms with van der Waals surface area (Å²) in [6, 6.07) is 0.905. The van der Waals surface area contributed by atoms with Gasteiger partial charge in [-0.05, 0) is 6.07 Å². The molecule has 136 valence electrons. The number of halogens is 6. The Morgan fingerprint density at radius 1 is 1.12 bits per heavy atom. The number of nitrogen functional groups attached to an aromatic ring is 1. The van der Waals surface area contributed by atoms with E-state index in [4.69, 9.17) is 5.73 Å². The van der Waals surface area contributed by atoms with Gasteiger partial charge in [-0.3, -0.25) is 4.79 Å². The molecule has 0 bridgehead atoms. The fourth-order valence-electron chi connectivity index (χ4n) is 1.51. The second-order valence-corrected chi connectivity index (χ2v) is 4.35. The number of carbonyl (C=O) groups excluding carboxylic acids is 1. The normalized spacial score (nSPS) is 11.2. The topological polar surface area (TPSA) is 89.3 Å². The number of hydrogen-bond acceptors (Lipinski definition) is 5. The average Bonchev–Trinajstić information content (AvgIpc) is 2.49. The molecular formula is C12H14F6N4O2. The molecule has 4 N–H and O–H groups in total. The molecule has 0 aliphatic rings. The summed E-state index contributed by atoms with van der Waals surface area (Å²) < 4.78 is 77.8. The summed E-state index contributed by atoms with van der Waals surface area (Å²) >= 11 is 0. The lowest BCUT2D eigenvalue weighted by Gasteiger charge is -2.15. The van der Waals surface area contributed by atoms with Gasteiger partial charge in [-0.1, -0.05) is 0 Å². The second kappa shape index (κ2) is 9.03. The van der Waals surface area contributed by atoms with E-state index in [0.29, 0.717) is 0 Å². The maximum atomic E-state index is 12.2. The van der Waals surface area contributed by atoms with Crippen molar-refractivity contribution < 1.29 is 35.9 Å².